The van der Waals surface area contributed by atoms with E-state index in [1.54, 1.807) is 54.6 Å². The number of carbonyl (C=O) groups is 2. The van der Waals surface area contributed by atoms with E-state index in [0.717, 1.165) is 0 Å². The quantitative estimate of drug-likeness (QED) is 0.116. The van der Waals surface area contributed by atoms with Crippen LogP contribution in [0.2, 0.25) is 0 Å². The summed E-state index contributed by atoms with van der Waals surface area (Å²) in [4.78, 5) is 25.7. The van der Waals surface area contributed by atoms with Crippen LogP contribution in [0.3, 0.4) is 0 Å². The Kier molecular flexibility index (Phi) is 10.7. The second-order valence-corrected chi connectivity index (χ2v) is 13.4. The lowest BCUT2D eigenvalue weighted by molar-refractivity contribution is -0.154. The first-order valence-corrected chi connectivity index (χ1v) is 17.1. The van der Waals surface area contributed by atoms with Crippen molar-refractivity contribution < 1.29 is 68.3 Å². The molecule has 6 rings (SSSR count). The maximum Gasteiger partial charge on any atom is 0.338 e. The number of aromatic hydroxyl groups is 3. The fourth-order valence-corrected chi connectivity index (χ4v) is 6.99. The molecule has 4 aromatic carbocycles. The third-order valence-corrected chi connectivity index (χ3v) is 10.1. The van der Waals surface area contributed by atoms with E-state index in [1.807, 2.05) is 0 Å². The van der Waals surface area contributed by atoms with E-state index >= 15 is 0 Å². The molecule has 0 aromatic heterocycles. The van der Waals surface area contributed by atoms with Gasteiger partial charge in [0, 0.05) is 24.7 Å². The predicted molar refractivity (Wildman–Crippen MR) is 191 cm³/mol. The number of rotatable bonds is 14. The number of methoxy groups -OCH3 is 4. The smallest absolute Gasteiger partial charge is 0.338 e. The molecule has 54 heavy (non-hydrogen) atoms. The lowest BCUT2D eigenvalue weighted by Crippen LogP contribution is -2.44. The van der Waals surface area contributed by atoms with Crippen molar-refractivity contribution in [3.8, 4) is 51.7 Å². The zero-order chi connectivity index (χ0) is 38.8. The van der Waals surface area contributed by atoms with E-state index in [4.69, 9.17) is 33.2 Å². The highest BCUT2D eigenvalue weighted by atomic mass is 16.6. The van der Waals surface area contributed by atoms with Gasteiger partial charge in [0.2, 0.25) is 5.75 Å². The first-order valence-electron chi connectivity index (χ1n) is 17.1. The molecule has 0 saturated carbocycles. The topological polar surface area (TPSA) is 200 Å². The van der Waals surface area contributed by atoms with Crippen LogP contribution in [0.4, 0.5) is 0 Å². The minimum absolute atomic E-state index is 0.0124. The molecule has 14 heteroatoms. The van der Waals surface area contributed by atoms with Crippen LogP contribution >= 0.6 is 0 Å². The normalized spacial score (nSPS) is 22.0. The Hall–Kier alpha value is -5.86. The lowest BCUT2D eigenvalue weighted by atomic mass is 9.80. The van der Waals surface area contributed by atoms with Gasteiger partial charge in [-0.05, 0) is 83.6 Å². The molecule has 4 atom stereocenters. The number of cyclic esters (lactones) is 2. The van der Waals surface area contributed by atoms with E-state index in [2.05, 4.69) is 0 Å². The Morgan fingerprint density at radius 2 is 0.981 bits per heavy atom. The number of carbonyl (C=O) groups excluding carboxylic acids is 2. The third-order valence-electron chi connectivity index (χ3n) is 10.1. The van der Waals surface area contributed by atoms with Crippen molar-refractivity contribution >= 4 is 11.9 Å². The van der Waals surface area contributed by atoms with E-state index in [-0.39, 0.29) is 84.9 Å². The van der Waals surface area contributed by atoms with Crippen molar-refractivity contribution in [2.75, 3.05) is 41.7 Å². The molecule has 2 aliphatic heterocycles. The van der Waals surface area contributed by atoms with Gasteiger partial charge in [0.1, 0.15) is 0 Å². The van der Waals surface area contributed by atoms with Gasteiger partial charge in [0.05, 0.1) is 41.7 Å². The molecule has 0 spiro atoms. The summed E-state index contributed by atoms with van der Waals surface area (Å²) in [5.74, 6) is -2.24. The summed E-state index contributed by atoms with van der Waals surface area (Å²) >= 11 is 0. The largest absolute Gasteiger partial charge is 0.504 e. The van der Waals surface area contributed by atoms with Gasteiger partial charge in [-0.1, -0.05) is 18.2 Å². The number of ether oxygens (including phenoxy) is 7. The molecule has 2 heterocycles. The highest BCUT2D eigenvalue weighted by molar-refractivity contribution is 5.83. The van der Waals surface area contributed by atoms with Crippen LogP contribution in [-0.2, 0) is 44.7 Å². The van der Waals surface area contributed by atoms with Gasteiger partial charge in [-0.25, -0.2) is 9.59 Å². The summed E-state index contributed by atoms with van der Waals surface area (Å²) < 4.78 is 38.2. The van der Waals surface area contributed by atoms with Gasteiger partial charge < -0.3 is 58.7 Å². The molecule has 0 aliphatic carbocycles. The van der Waals surface area contributed by atoms with Gasteiger partial charge in [0.15, 0.2) is 57.2 Å². The molecular weight excluding hydrogens is 704 g/mol. The summed E-state index contributed by atoms with van der Waals surface area (Å²) in [5.41, 5.74) is -1.35. The number of phenols is 3. The summed E-state index contributed by atoms with van der Waals surface area (Å²) in [6, 6.07) is 17.3. The van der Waals surface area contributed by atoms with Crippen molar-refractivity contribution in [3.05, 3.63) is 89.0 Å². The highest BCUT2D eigenvalue weighted by Gasteiger charge is 2.52. The Balaban J connectivity index is 1.21. The lowest BCUT2D eigenvalue weighted by Gasteiger charge is -2.26. The average molecular weight is 747 g/mol. The molecule has 0 amide bonds. The number of aliphatic hydroxyl groups is 2. The van der Waals surface area contributed by atoms with E-state index in [1.165, 1.54) is 40.6 Å². The van der Waals surface area contributed by atoms with Crippen LogP contribution in [0.1, 0.15) is 22.3 Å². The molecule has 2 saturated heterocycles. The van der Waals surface area contributed by atoms with Gasteiger partial charge in [-0.15, -0.1) is 0 Å². The fourth-order valence-electron chi connectivity index (χ4n) is 6.99. The first kappa shape index (κ1) is 37.9. The summed E-state index contributed by atoms with van der Waals surface area (Å²) in [5, 5.41) is 54.2. The van der Waals surface area contributed by atoms with Crippen molar-refractivity contribution in [1.82, 2.24) is 0 Å². The molecule has 286 valence electrons. The Morgan fingerprint density at radius 1 is 0.556 bits per heavy atom. The van der Waals surface area contributed by atoms with Gasteiger partial charge in [0.25, 0.3) is 0 Å². The molecule has 0 bridgehead atoms. The van der Waals surface area contributed by atoms with E-state index < -0.39 is 35.0 Å². The minimum Gasteiger partial charge on any atom is -0.504 e. The Labute approximate surface area is 311 Å². The van der Waals surface area contributed by atoms with Crippen LogP contribution in [0.5, 0.6) is 51.7 Å². The first-order chi connectivity index (χ1) is 25.8. The van der Waals surface area contributed by atoms with Crippen molar-refractivity contribution in [2.45, 2.75) is 36.9 Å². The molecule has 4 aromatic rings. The maximum atomic E-state index is 12.9. The standard InChI is InChI=1S/C40H42O14/c1-48-31-14-23(5-8-28(31)41)18-39(46)26(20-52-37(39)44)11-22-7-10-30(33(13-22)50-3)54-35-17-25(16-34(51-4)36(35)43)12-27-21-53-38(45)40(27,47)19-24-6-9-29(42)32(15-24)49-2/h5-10,13-17,26-27,41-43,46-47H,11-12,18-21H2,1-4H3/t26-,27-,39-,40-/m0/s1. The zero-order valence-corrected chi connectivity index (χ0v) is 30.2. The van der Waals surface area contributed by atoms with E-state index in [0.29, 0.717) is 28.0 Å². The Morgan fingerprint density at radius 3 is 1.48 bits per heavy atom. The van der Waals surface area contributed by atoms with Crippen LogP contribution in [0.15, 0.2) is 66.7 Å². The van der Waals surface area contributed by atoms with Gasteiger partial charge >= 0.3 is 11.9 Å². The molecule has 0 radical (unpaired) electrons. The minimum atomic E-state index is -1.90. The molecule has 2 aliphatic rings. The average Bonchev–Trinajstić information content (AvgIpc) is 3.59. The molecule has 2 fully saturated rings. The molecule has 0 unspecified atom stereocenters. The SMILES string of the molecule is COc1cc(C[C@@]2(O)C(=O)OC[C@@H]2Cc2ccc(Oc3cc(C[C@H]4COC(=O)[C@]4(O)Cc4ccc(O)c(OC)c4)cc(OC)c3O)c(OC)c2)ccc1O. The molecular formula is C40H42O14. The van der Waals surface area contributed by atoms with Crippen LogP contribution in [0, 0.1) is 11.8 Å². The summed E-state index contributed by atoms with van der Waals surface area (Å²) in [6.07, 6.45) is 0.222. The molecule has 5 N–H and O–H groups in total. The zero-order valence-electron chi connectivity index (χ0n) is 30.2. The summed E-state index contributed by atoms with van der Waals surface area (Å²) in [6.45, 7) is -0.0728. The second-order valence-electron chi connectivity index (χ2n) is 13.4. The van der Waals surface area contributed by atoms with Crippen LogP contribution < -0.4 is 23.7 Å². The van der Waals surface area contributed by atoms with Crippen molar-refractivity contribution in [3.63, 3.8) is 0 Å². The van der Waals surface area contributed by atoms with Crippen LogP contribution in [-0.4, -0.2) is 90.3 Å². The van der Waals surface area contributed by atoms with E-state index in [9.17, 15) is 35.1 Å². The fraction of sp³-hybridized carbons (Fsp3) is 0.350. The monoisotopic (exact) mass is 746 g/mol. The van der Waals surface area contributed by atoms with Crippen molar-refractivity contribution in [1.29, 1.82) is 0 Å². The second kappa shape index (κ2) is 15.2. The predicted octanol–water partition coefficient (Wildman–Crippen LogP) is 4.01. The number of benzene rings is 4. The Bertz CT molecular complexity index is 2050. The maximum absolute atomic E-state index is 12.9. The van der Waals surface area contributed by atoms with Crippen molar-refractivity contribution in [2.24, 2.45) is 11.8 Å². The summed E-state index contributed by atoms with van der Waals surface area (Å²) in [7, 11) is 5.63. The molecule has 14 nitrogen and oxygen atoms in total. The highest BCUT2D eigenvalue weighted by Crippen LogP contribution is 2.45. The number of hydrogen-bond donors (Lipinski definition) is 5. The number of phenolic OH excluding ortho intramolecular Hbond substituents is 3. The third kappa shape index (κ3) is 7.34. The van der Waals surface area contributed by atoms with Gasteiger partial charge in [-0.3, -0.25) is 0 Å². The van der Waals surface area contributed by atoms with Crippen LogP contribution in [0.25, 0.3) is 0 Å². The van der Waals surface area contributed by atoms with Gasteiger partial charge in [-0.2, -0.15) is 0 Å². The number of esters is 2. The number of hydrogen-bond acceptors (Lipinski definition) is 14.